The maximum absolute atomic E-state index is 5.53. The van der Waals surface area contributed by atoms with Crippen LogP contribution in [0.5, 0.6) is 0 Å². The Morgan fingerprint density at radius 3 is 2.62 bits per heavy atom. The summed E-state index contributed by atoms with van der Waals surface area (Å²) in [5, 5.41) is 0. The van der Waals surface area contributed by atoms with Crippen molar-refractivity contribution in [3.05, 3.63) is 0 Å². The summed E-state index contributed by atoms with van der Waals surface area (Å²) >= 11 is 5.46. The Labute approximate surface area is 56.2 Å². The van der Waals surface area contributed by atoms with Gasteiger partial charge < -0.3 is 5.73 Å². The van der Waals surface area contributed by atoms with Gasteiger partial charge in [-0.2, -0.15) is 0 Å². The van der Waals surface area contributed by atoms with Crippen molar-refractivity contribution >= 4 is 11.6 Å². The minimum absolute atomic E-state index is 0.219. The zero-order valence-corrected chi connectivity index (χ0v) is 6.12. The first-order valence-corrected chi connectivity index (χ1v) is 3.66. The van der Waals surface area contributed by atoms with Crippen molar-refractivity contribution in [2.24, 2.45) is 5.73 Å². The first-order chi connectivity index (χ1) is 3.81. The van der Waals surface area contributed by atoms with Crippen molar-refractivity contribution in [1.82, 2.24) is 0 Å². The molecule has 50 valence electrons. The lowest BCUT2D eigenvalue weighted by molar-refractivity contribution is 0.620. The standard InChI is InChI=1S/C6H14ClN/c1-2-3-4-6(8)5-7/h6H,2-5,8H2,1H3. The summed E-state index contributed by atoms with van der Waals surface area (Å²) in [6.45, 7) is 2.15. The molecule has 0 fully saturated rings. The summed E-state index contributed by atoms with van der Waals surface area (Å²) in [5.74, 6) is 0.597. The molecular weight excluding hydrogens is 122 g/mol. The van der Waals surface area contributed by atoms with E-state index in [1.165, 1.54) is 12.8 Å². The molecule has 0 spiro atoms. The van der Waals surface area contributed by atoms with Crippen molar-refractivity contribution < 1.29 is 0 Å². The average Bonchev–Trinajstić information content (AvgIpc) is 1.83. The molecule has 8 heavy (non-hydrogen) atoms. The molecule has 0 amide bonds. The van der Waals surface area contributed by atoms with Crippen LogP contribution in [-0.4, -0.2) is 11.9 Å². The van der Waals surface area contributed by atoms with E-state index in [1.54, 1.807) is 0 Å². The first-order valence-electron chi connectivity index (χ1n) is 3.12. The predicted molar refractivity (Wildman–Crippen MR) is 38.2 cm³/mol. The fourth-order valence-corrected chi connectivity index (χ4v) is 0.698. The molecule has 0 saturated carbocycles. The van der Waals surface area contributed by atoms with Gasteiger partial charge in [-0.15, -0.1) is 11.6 Å². The number of hydrogen-bond donors (Lipinski definition) is 1. The molecular formula is C6H14ClN. The van der Waals surface area contributed by atoms with Gasteiger partial charge in [-0.25, -0.2) is 0 Å². The van der Waals surface area contributed by atoms with Gasteiger partial charge in [0.1, 0.15) is 0 Å². The highest BCUT2D eigenvalue weighted by Crippen LogP contribution is 1.98. The van der Waals surface area contributed by atoms with Crippen LogP contribution in [-0.2, 0) is 0 Å². The second-order valence-corrected chi connectivity index (χ2v) is 2.37. The highest BCUT2D eigenvalue weighted by atomic mass is 35.5. The van der Waals surface area contributed by atoms with Gasteiger partial charge in [0, 0.05) is 11.9 Å². The molecule has 0 aromatic carbocycles. The molecule has 1 unspecified atom stereocenters. The second kappa shape index (κ2) is 5.39. The third-order valence-electron chi connectivity index (χ3n) is 1.13. The molecule has 0 heterocycles. The second-order valence-electron chi connectivity index (χ2n) is 2.06. The fourth-order valence-electron chi connectivity index (χ4n) is 0.543. The van der Waals surface area contributed by atoms with Crippen LogP contribution in [0.15, 0.2) is 0 Å². The van der Waals surface area contributed by atoms with Crippen molar-refractivity contribution in [2.45, 2.75) is 32.2 Å². The van der Waals surface area contributed by atoms with Crippen LogP contribution in [0.3, 0.4) is 0 Å². The molecule has 0 radical (unpaired) electrons. The maximum atomic E-state index is 5.53. The lowest BCUT2D eigenvalue weighted by atomic mass is 10.2. The van der Waals surface area contributed by atoms with Gasteiger partial charge >= 0.3 is 0 Å². The number of halogens is 1. The molecule has 0 aliphatic carbocycles. The van der Waals surface area contributed by atoms with Crippen LogP contribution < -0.4 is 5.73 Å². The summed E-state index contributed by atoms with van der Waals surface area (Å²) in [5.41, 5.74) is 5.53. The number of unbranched alkanes of at least 4 members (excludes halogenated alkanes) is 1. The molecule has 0 aromatic rings. The van der Waals surface area contributed by atoms with E-state index in [0.29, 0.717) is 5.88 Å². The SMILES string of the molecule is CCCCC(N)CCl. The van der Waals surface area contributed by atoms with E-state index in [4.69, 9.17) is 17.3 Å². The lowest BCUT2D eigenvalue weighted by Gasteiger charge is -2.03. The molecule has 1 atom stereocenters. The molecule has 0 rings (SSSR count). The van der Waals surface area contributed by atoms with E-state index in [-0.39, 0.29) is 6.04 Å². The fraction of sp³-hybridized carbons (Fsp3) is 1.00. The van der Waals surface area contributed by atoms with Gasteiger partial charge in [0.25, 0.3) is 0 Å². The molecule has 0 bridgehead atoms. The van der Waals surface area contributed by atoms with Gasteiger partial charge in [-0.1, -0.05) is 19.8 Å². The van der Waals surface area contributed by atoms with Crippen LogP contribution >= 0.6 is 11.6 Å². The van der Waals surface area contributed by atoms with Gasteiger partial charge in [0.05, 0.1) is 0 Å². The minimum atomic E-state index is 0.219. The summed E-state index contributed by atoms with van der Waals surface area (Å²) in [7, 11) is 0. The minimum Gasteiger partial charge on any atom is -0.327 e. The van der Waals surface area contributed by atoms with Gasteiger partial charge in [0.2, 0.25) is 0 Å². The normalized spacial score (nSPS) is 13.9. The molecule has 2 N–H and O–H groups in total. The molecule has 0 aliphatic rings. The van der Waals surface area contributed by atoms with E-state index in [9.17, 15) is 0 Å². The molecule has 2 heteroatoms. The maximum Gasteiger partial charge on any atom is 0.0375 e. The number of nitrogens with two attached hydrogens (primary N) is 1. The smallest absolute Gasteiger partial charge is 0.0375 e. The molecule has 0 saturated heterocycles. The molecule has 0 aliphatic heterocycles. The zero-order valence-electron chi connectivity index (χ0n) is 5.36. The third-order valence-corrected chi connectivity index (χ3v) is 1.52. The Morgan fingerprint density at radius 2 is 2.25 bits per heavy atom. The number of hydrogen-bond acceptors (Lipinski definition) is 1. The summed E-state index contributed by atoms with van der Waals surface area (Å²) in [6, 6.07) is 0.219. The Morgan fingerprint density at radius 1 is 1.62 bits per heavy atom. The van der Waals surface area contributed by atoms with Gasteiger partial charge in [-0.05, 0) is 6.42 Å². The highest BCUT2D eigenvalue weighted by molar-refractivity contribution is 6.18. The predicted octanol–water partition coefficient (Wildman–Crippen LogP) is 1.74. The van der Waals surface area contributed by atoms with Crippen LogP contribution in [0.4, 0.5) is 0 Å². The summed E-state index contributed by atoms with van der Waals surface area (Å²) < 4.78 is 0. The van der Waals surface area contributed by atoms with Crippen molar-refractivity contribution in [2.75, 3.05) is 5.88 Å². The lowest BCUT2D eigenvalue weighted by Crippen LogP contribution is -2.20. The Bertz CT molecular complexity index is 47.8. The Hall–Kier alpha value is 0.250. The van der Waals surface area contributed by atoms with Gasteiger partial charge in [0.15, 0.2) is 0 Å². The van der Waals surface area contributed by atoms with E-state index in [0.717, 1.165) is 6.42 Å². The zero-order chi connectivity index (χ0) is 6.41. The van der Waals surface area contributed by atoms with E-state index >= 15 is 0 Å². The van der Waals surface area contributed by atoms with Crippen molar-refractivity contribution in [3.63, 3.8) is 0 Å². The van der Waals surface area contributed by atoms with Crippen molar-refractivity contribution in [3.8, 4) is 0 Å². The number of alkyl halides is 1. The Balaban J connectivity index is 2.86. The highest BCUT2D eigenvalue weighted by Gasteiger charge is 1.96. The molecule has 0 aromatic heterocycles. The third kappa shape index (κ3) is 4.41. The number of rotatable bonds is 4. The molecule has 1 nitrogen and oxygen atoms in total. The van der Waals surface area contributed by atoms with E-state index in [2.05, 4.69) is 6.92 Å². The van der Waals surface area contributed by atoms with Crippen molar-refractivity contribution in [1.29, 1.82) is 0 Å². The topological polar surface area (TPSA) is 26.0 Å². The van der Waals surface area contributed by atoms with Gasteiger partial charge in [-0.3, -0.25) is 0 Å². The summed E-state index contributed by atoms with van der Waals surface area (Å²) in [4.78, 5) is 0. The van der Waals surface area contributed by atoms with Crippen LogP contribution in [0.1, 0.15) is 26.2 Å². The van der Waals surface area contributed by atoms with Crippen LogP contribution in [0, 0.1) is 0 Å². The first kappa shape index (κ1) is 8.25. The van der Waals surface area contributed by atoms with E-state index < -0.39 is 0 Å². The Kier molecular flexibility index (Phi) is 5.56. The quantitative estimate of drug-likeness (QED) is 0.584. The summed E-state index contributed by atoms with van der Waals surface area (Å²) in [6.07, 6.45) is 3.48. The monoisotopic (exact) mass is 135 g/mol. The largest absolute Gasteiger partial charge is 0.327 e. The van der Waals surface area contributed by atoms with Crippen LogP contribution in [0.25, 0.3) is 0 Å². The average molecular weight is 136 g/mol. The van der Waals surface area contributed by atoms with Crippen LogP contribution in [0.2, 0.25) is 0 Å². The van der Waals surface area contributed by atoms with E-state index in [1.807, 2.05) is 0 Å².